The summed E-state index contributed by atoms with van der Waals surface area (Å²) in [5.41, 5.74) is -0.123. The Morgan fingerprint density at radius 2 is 1.80 bits per heavy atom. The minimum Gasteiger partial charge on any atom is -0.444 e. The fourth-order valence-corrected chi connectivity index (χ4v) is 3.51. The number of carbonyl (C=O) groups is 1. The molecule has 1 atom stereocenters. The number of amides is 1. The molecule has 1 unspecified atom stereocenters. The van der Waals surface area contributed by atoms with Crippen molar-refractivity contribution < 1.29 is 9.53 Å². The van der Waals surface area contributed by atoms with E-state index >= 15 is 0 Å². The Morgan fingerprint density at radius 3 is 2.35 bits per heavy atom. The summed E-state index contributed by atoms with van der Waals surface area (Å²) in [4.78, 5) is 16.5. The highest BCUT2D eigenvalue weighted by Gasteiger charge is 2.43. The minimum atomic E-state index is -0.399. The second-order valence-corrected chi connectivity index (χ2v) is 7.88. The summed E-state index contributed by atoms with van der Waals surface area (Å²) in [6.07, 6.45) is 3.49. The van der Waals surface area contributed by atoms with E-state index in [2.05, 4.69) is 18.9 Å². The molecule has 0 bridgehead atoms. The molecule has 4 heteroatoms. The highest BCUT2D eigenvalue weighted by molar-refractivity contribution is 5.68. The molecule has 0 aromatic rings. The number of likely N-dealkylation sites (tertiary alicyclic amines) is 2. The number of carbonyl (C=O) groups excluding carboxylic acids is 1. The SMILES string of the molecule is CN1CCC(C2(C)CCN(C(=O)OC(C)(C)C)C2)CC1. The van der Waals surface area contributed by atoms with Crippen LogP contribution in [0.5, 0.6) is 0 Å². The Bertz CT molecular complexity index is 356. The third kappa shape index (κ3) is 3.66. The average Bonchev–Trinajstić information content (AvgIpc) is 2.72. The van der Waals surface area contributed by atoms with E-state index in [1.54, 1.807) is 0 Å². The summed E-state index contributed by atoms with van der Waals surface area (Å²) < 4.78 is 5.50. The standard InChI is InChI=1S/C16H30N2O2/c1-15(2,3)20-14(19)18-11-8-16(4,12-18)13-6-9-17(5)10-7-13/h13H,6-12H2,1-5H3. The normalized spacial score (nSPS) is 29.8. The first-order chi connectivity index (χ1) is 9.20. The van der Waals surface area contributed by atoms with Gasteiger partial charge in [-0.2, -0.15) is 0 Å². The summed E-state index contributed by atoms with van der Waals surface area (Å²) in [6, 6.07) is 0. The molecule has 1 amide bonds. The fraction of sp³-hybridized carbons (Fsp3) is 0.938. The van der Waals surface area contributed by atoms with E-state index < -0.39 is 5.60 Å². The number of nitrogens with zero attached hydrogens (tertiary/aromatic N) is 2. The van der Waals surface area contributed by atoms with Crippen molar-refractivity contribution in [3.63, 3.8) is 0 Å². The number of rotatable bonds is 1. The van der Waals surface area contributed by atoms with Crippen LogP contribution in [0.2, 0.25) is 0 Å². The lowest BCUT2D eigenvalue weighted by Crippen LogP contribution is -2.41. The van der Waals surface area contributed by atoms with Gasteiger partial charge in [0, 0.05) is 13.1 Å². The second-order valence-electron chi connectivity index (χ2n) is 7.88. The van der Waals surface area contributed by atoms with Crippen molar-refractivity contribution in [2.45, 2.75) is 52.6 Å². The Balaban J connectivity index is 1.92. The lowest BCUT2D eigenvalue weighted by Gasteiger charge is -2.39. The Kier molecular flexibility index (Phi) is 4.33. The van der Waals surface area contributed by atoms with Crippen LogP contribution < -0.4 is 0 Å². The maximum absolute atomic E-state index is 12.2. The second kappa shape index (κ2) is 5.55. The lowest BCUT2D eigenvalue weighted by molar-refractivity contribution is 0.0245. The van der Waals surface area contributed by atoms with Gasteiger partial charge in [-0.05, 0) is 71.5 Å². The van der Waals surface area contributed by atoms with Crippen LogP contribution in [0.15, 0.2) is 0 Å². The predicted octanol–water partition coefficient (Wildman–Crippen LogP) is 2.98. The molecular formula is C16H30N2O2. The molecule has 2 saturated heterocycles. The van der Waals surface area contributed by atoms with Crippen LogP contribution in [0, 0.1) is 11.3 Å². The van der Waals surface area contributed by atoms with E-state index in [1.807, 2.05) is 25.7 Å². The van der Waals surface area contributed by atoms with Crippen molar-refractivity contribution in [2.24, 2.45) is 11.3 Å². The monoisotopic (exact) mass is 282 g/mol. The van der Waals surface area contributed by atoms with Gasteiger partial charge in [-0.15, -0.1) is 0 Å². The highest BCUT2D eigenvalue weighted by Crippen LogP contribution is 2.42. The van der Waals surface area contributed by atoms with Crippen molar-refractivity contribution in [3.05, 3.63) is 0 Å². The van der Waals surface area contributed by atoms with Crippen molar-refractivity contribution in [3.8, 4) is 0 Å². The molecule has 2 aliphatic rings. The minimum absolute atomic E-state index is 0.144. The molecular weight excluding hydrogens is 252 g/mol. The zero-order chi connectivity index (χ0) is 15.0. The first kappa shape index (κ1) is 15.6. The quantitative estimate of drug-likeness (QED) is 0.741. The molecule has 0 aromatic carbocycles. The van der Waals surface area contributed by atoms with Crippen LogP contribution in [-0.4, -0.2) is 54.7 Å². The largest absolute Gasteiger partial charge is 0.444 e. The molecule has 2 rings (SSSR count). The highest BCUT2D eigenvalue weighted by atomic mass is 16.6. The topological polar surface area (TPSA) is 32.8 Å². The van der Waals surface area contributed by atoms with E-state index in [1.165, 1.54) is 25.9 Å². The summed E-state index contributed by atoms with van der Waals surface area (Å²) in [5, 5.41) is 0. The molecule has 0 saturated carbocycles. The molecule has 0 aliphatic carbocycles. The van der Waals surface area contributed by atoms with Crippen LogP contribution in [-0.2, 0) is 4.74 Å². The smallest absolute Gasteiger partial charge is 0.410 e. The van der Waals surface area contributed by atoms with Crippen LogP contribution in [0.4, 0.5) is 4.79 Å². The van der Waals surface area contributed by atoms with Gasteiger partial charge in [-0.3, -0.25) is 0 Å². The van der Waals surface area contributed by atoms with Gasteiger partial charge in [-0.25, -0.2) is 4.79 Å². The van der Waals surface area contributed by atoms with Gasteiger partial charge in [0.05, 0.1) is 0 Å². The molecule has 2 aliphatic heterocycles. The van der Waals surface area contributed by atoms with Crippen molar-refractivity contribution >= 4 is 6.09 Å². The van der Waals surface area contributed by atoms with Gasteiger partial charge in [0.2, 0.25) is 0 Å². The van der Waals surface area contributed by atoms with Crippen LogP contribution in [0.25, 0.3) is 0 Å². The van der Waals surface area contributed by atoms with E-state index in [-0.39, 0.29) is 11.5 Å². The predicted molar refractivity (Wildman–Crippen MR) is 80.8 cm³/mol. The van der Waals surface area contributed by atoms with Gasteiger partial charge in [0.15, 0.2) is 0 Å². The van der Waals surface area contributed by atoms with Crippen LogP contribution in [0.3, 0.4) is 0 Å². The summed E-state index contributed by atoms with van der Waals surface area (Å²) in [7, 11) is 2.19. The summed E-state index contributed by atoms with van der Waals surface area (Å²) >= 11 is 0. The molecule has 2 fully saturated rings. The van der Waals surface area contributed by atoms with Crippen molar-refractivity contribution in [1.29, 1.82) is 0 Å². The maximum Gasteiger partial charge on any atom is 0.410 e. The number of hydrogen-bond acceptors (Lipinski definition) is 3. The zero-order valence-corrected chi connectivity index (χ0v) is 13.7. The molecule has 0 aromatic heterocycles. The Morgan fingerprint density at radius 1 is 1.20 bits per heavy atom. The van der Waals surface area contributed by atoms with Gasteiger partial charge in [0.1, 0.15) is 5.60 Å². The maximum atomic E-state index is 12.2. The van der Waals surface area contributed by atoms with Crippen molar-refractivity contribution in [2.75, 3.05) is 33.2 Å². The molecule has 0 spiro atoms. The van der Waals surface area contributed by atoms with Crippen LogP contribution in [0.1, 0.15) is 47.0 Å². The molecule has 116 valence electrons. The van der Waals surface area contributed by atoms with Gasteiger partial charge in [-0.1, -0.05) is 6.92 Å². The lowest BCUT2D eigenvalue weighted by atomic mass is 9.72. The third-order valence-electron chi connectivity index (χ3n) is 4.86. The number of piperidine rings is 1. The average molecular weight is 282 g/mol. The molecule has 4 nitrogen and oxygen atoms in total. The first-order valence-electron chi connectivity index (χ1n) is 7.86. The molecule has 0 N–H and O–H groups in total. The van der Waals surface area contributed by atoms with Crippen molar-refractivity contribution in [1.82, 2.24) is 9.80 Å². The van der Waals surface area contributed by atoms with E-state index in [4.69, 9.17) is 4.74 Å². The summed E-state index contributed by atoms with van der Waals surface area (Å²) in [6.45, 7) is 12.2. The third-order valence-corrected chi connectivity index (χ3v) is 4.86. The van der Waals surface area contributed by atoms with Crippen LogP contribution >= 0.6 is 0 Å². The van der Waals surface area contributed by atoms with E-state index in [0.717, 1.165) is 25.4 Å². The number of hydrogen-bond donors (Lipinski definition) is 0. The number of ether oxygens (including phenoxy) is 1. The fourth-order valence-electron chi connectivity index (χ4n) is 3.51. The van der Waals surface area contributed by atoms with Gasteiger partial charge >= 0.3 is 6.09 Å². The molecule has 2 heterocycles. The Labute approximate surface area is 123 Å². The first-order valence-corrected chi connectivity index (χ1v) is 7.86. The Hall–Kier alpha value is -0.770. The molecule has 20 heavy (non-hydrogen) atoms. The van der Waals surface area contributed by atoms with Gasteiger partial charge < -0.3 is 14.5 Å². The van der Waals surface area contributed by atoms with Gasteiger partial charge in [0.25, 0.3) is 0 Å². The zero-order valence-electron chi connectivity index (χ0n) is 13.7. The summed E-state index contributed by atoms with van der Waals surface area (Å²) in [5.74, 6) is 0.742. The molecule has 0 radical (unpaired) electrons. The van der Waals surface area contributed by atoms with E-state index in [9.17, 15) is 4.79 Å². The van der Waals surface area contributed by atoms with E-state index in [0.29, 0.717) is 0 Å².